The van der Waals surface area contributed by atoms with Crippen molar-refractivity contribution in [3.8, 4) is 0 Å². The highest BCUT2D eigenvalue weighted by molar-refractivity contribution is 5.99. The molecular formula is C15H14N4O5. The summed E-state index contributed by atoms with van der Waals surface area (Å²) in [6.45, 7) is 1.37. The zero-order valence-corrected chi connectivity index (χ0v) is 12.7. The van der Waals surface area contributed by atoms with Crippen molar-refractivity contribution in [2.45, 2.75) is 6.92 Å². The summed E-state index contributed by atoms with van der Waals surface area (Å²) in [6.07, 6.45) is 1.35. The average molecular weight is 330 g/mol. The number of nitro groups is 1. The van der Waals surface area contributed by atoms with Crippen molar-refractivity contribution < 1.29 is 18.9 Å². The molecule has 0 bridgehead atoms. The standard InChI is InChI=1S/C15H14N4O5/c1-10(11-4-6-12(7-5-11)19(22)23)17-18-14(20)9-16-15(21)13-3-2-8-24-13/h2-8H,9H2,1H3,(H,16,21)(H,18,20)/b17-10-. The molecule has 0 unspecified atom stereocenters. The first-order valence-electron chi connectivity index (χ1n) is 6.87. The highest BCUT2D eigenvalue weighted by atomic mass is 16.6. The zero-order chi connectivity index (χ0) is 17.5. The summed E-state index contributed by atoms with van der Waals surface area (Å²) in [5.74, 6) is -0.921. The van der Waals surface area contributed by atoms with Crippen LogP contribution < -0.4 is 10.7 Å². The molecule has 0 saturated heterocycles. The Morgan fingerprint density at radius 2 is 1.96 bits per heavy atom. The van der Waals surface area contributed by atoms with Crippen LogP contribution in [-0.2, 0) is 4.79 Å². The van der Waals surface area contributed by atoms with Crippen molar-refractivity contribution in [2.24, 2.45) is 5.10 Å². The van der Waals surface area contributed by atoms with Crippen LogP contribution in [0.2, 0.25) is 0 Å². The molecule has 9 heteroatoms. The lowest BCUT2D eigenvalue weighted by Crippen LogP contribution is -2.35. The number of amides is 2. The van der Waals surface area contributed by atoms with Gasteiger partial charge in [-0.3, -0.25) is 19.7 Å². The summed E-state index contributed by atoms with van der Waals surface area (Å²) in [4.78, 5) is 33.3. The Balaban J connectivity index is 1.86. The molecule has 9 nitrogen and oxygen atoms in total. The fourth-order valence-corrected chi connectivity index (χ4v) is 1.73. The van der Waals surface area contributed by atoms with E-state index in [-0.39, 0.29) is 18.0 Å². The Labute approximate surface area is 136 Å². The van der Waals surface area contributed by atoms with E-state index in [0.717, 1.165) is 0 Å². The monoisotopic (exact) mass is 330 g/mol. The third-order valence-corrected chi connectivity index (χ3v) is 3.00. The number of carbonyl (C=O) groups is 2. The lowest BCUT2D eigenvalue weighted by molar-refractivity contribution is -0.384. The number of benzene rings is 1. The summed E-state index contributed by atoms with van der Waals surface area (Å²) in [5.41, 5.74) is 3.35. The quantitative estimate of drug-likeness (QED) is 0.471. The number of nitrogens with zero attached hydrogens (tertiary/aromatic N) is 2. The first kappa shape index (κ1) is 16.9. The van der Waals surface area contributed by atoms with E-state index in [1.165, 1.54) is 36.6 Å². The Morgan fingerprint density at radius 1 is 1.25 bits per heavy atom. The molecule has 0 atom stereocenters. The molecule has 1 heterocycles. The van der Waals surface area contributed by atoms with Crippen LogP contribution >= 0.6 is 0 Å². The molecule has 0 aliphatic rings. The van der Waals surface area contributed by atoms with Gasteiger partial charge in [0, 0.05) is 12.1 Å². The molecule has 0 radical (unpaired) electrons. The fraction of sp³-hybridized carbons (Fsp3) is 0.133. The van der Waals surface area contributed by atoms with Gasteiger partial charge in [0.1, 0.15) is 0 Å². The lowest BCUT2D eigenvalue weighted by Gasteiger charge is -2.04. The van der Waals surface area contributed by atoms with Gasteiger partial charge in [0.15, 0.2) is 5.76 Å². The second kappa shape index (κ2) is 7.68. The van der Waals surface area contributed by atoms with Crippen LogP contribution in [0.3, 0.4) is 0 Å². The van der Waals surface area contributed by atoms with Crippen molar-refractivity contribution >= 4 is 23.2 Å². The van der Waals surface area contributed by atoms with E-state index < -0.39 is 16.7 Å². The molecule has 0 aliphatic carbocycles. The van der Waals surface area contributed by atoms with E-state index in [1.54, 1.807) is 13.0 Å². The smallest absolute Gasteiger partial charge is 0.287 e. The first-order chi connectivity index (χ1) is 11.5. The molecule has 2 amide bonds. The molecule has 2 N–H and O–H groups in total. The molecule has 1 aromatic carbocycles. The predicted octanol–water partition coefficient (Wildman–Crippen LogP) is 1.46. The van der Waals surface area contributed by atoms with E-state index in [1.807, 2.05) is 0 Å². The van der Waals surface area contributed by atoms with Crippen molar-refractivity contribution in [1.82, 2.24) is 10.7 Å². The van der Waals surface area contributed by atoms with Crippen molar-refractivity contribution in [2.75, 3.05) is 6.54 Å². The number of carbonyl (C=O) groups excluding carboxylic acids is 2. The molecule has 124 valence electrons. The number of furan rings is 1. The predicted molar refractivity (Wildman–Crippen MR) is 84.5 cm³/mol. The van der Waals surface area contributed by atoms with Crippen LogP contribution in [0.4, 0.5) is 5.69 Å². The van der Waals surface area contributed by atoms with E-state index in [2.05, 4.69) is 15.8 Å². The van der Waals surface area contributed by atoms with Gasteiger partial charge in [-0.2, -0.15) is 5.10 Å². The number of nitrogens with one attached hydrogen (secondary N) is 2. The highest BCUT2D eigenvalue weighted by Crippen LogP contribution is 2.12. The molecule has 1 aromatic heterocycles. The topological polar surface area (TPSA) is 127 Å². The average Bonchev–Trinajstić information content (AvgIpc) is 3.12. The molecule has 2 aromatic rings. The summed E-state index contributed by atoms with van der Waals surface area (Å²) >= 11 is 0. The normalized spacial score (nSPS) is 11.0. The number of hydrazone groups is 1. The third kappa shape index (κ3) is 4.50. The molecule has 0 spiro atoms. The lowest BCUT2D eigenvalue weighted by atomic mass is 10.1. The number of nitro benzene ring substituents is 1. The van der Waals surface area contributed by atoms with E-state index >= 15 is 0 Å². The van der Waals surface area contributed by atoms with Crippen LogP contribution in [0.1, 0.15) is 23.0 Å². The largest absolute Gasteiger partial charge is 0.459 e. The third-order valence-electron chi connectivity index (χ3n) is 3.00. The van der Waals surface area contributed by atoms with Gasteiger partial charge in [-0.25, -0.2) is 5.43 Å². The minimum Gasteiger partial charge on any atom is -0.459 e. The number of rotatable bonds is 6. The van der Waals surface area contributed by atoms with Gasteiger partial charge < -0.3 is 9.73 Å². The Hall–Kier alpha value is -3.49. The summed E-state index contributed by atoms with van der Waals surface area (Å²) in [5, 5.41) is 16.8. The van der Waals surface area contributed by atoms with Crippen molar-refractivity contribution in [3.05, 3.63) is 64.1 Å². The van der Waals surface area contributed by atoms with Crippen LogP contribution in [0.5, 0.6) is 0 Å². The first-order valence-corrected chi connectivity index (χ1v) is 6.87. The number of hydrogen-bond acceptors (Lipinski definition) is 6. The van der Waals surface area contributed by atoms with Crippen LogP contribution in [-0.4, -0.2) is 29.0 Å². The maximum absolute atomic E-state index is 11.6. The highest BCUT2D eigenvalue weighted by Gasteiger charge is 2.10. The summed E-state index contributed by atoms with van der Waals surface area (Å²) in [6, 6.07) is 8.79. The molecule has 0 aliphatic heterocycles. The fourth-order valence-electron chi connectivity index (χ4n) is 1.73. The zero-order valence-electron chi connectivity index (χ0n) is 12.7. The maximum atomic E-state index is 11.6. The molecular weight excluding hydrogens is 316 g/mol. The summed E-state index contributed by atoms with van der Waals surface area (Å²) < 4.78 is 4.89. The minimum atomic E-state index is -0.517. The van der Waals surface area contributed by atoms with Crippen LogP contribution in [0.25, 0.3) is 0 Å². The molecule has 0 saturated carbocycles. The molecule has 24 heavy (non-hydrogen) atoms. The van der Waals surface area contributed by atoms with Crippen LogP contribution in [0.15, 0.2) is 52.2 Å². The Morgan fingerprint density at radius 3 is 2.54 bits per heavy atom. The van der Waals surface area contributed by atoms with Crippen molar-refractivity contribution in [3.63, 3.8) is 0 Å². The maximum Gasteiger partial charge on any atom is 0.287 e. The van der Waals surface area contributed by atoms with E-state index in [9.17, 15) is 19.7 Å². The minimum absolute atomic E-state index is 0.0313. The Kier molecular flexibility index (Phi) is 5.40. The van der Waals surface area contributed by atoms with Gasteiger partial charge >= 0.3 is 0 Å². The van der Waals surface area contributed by atoms with Gasteiger partial charge in [-0.15, -0.1) is 0 Å². The van der Waals surface area contributed by atoms with Gasteiger partial charge in [-0.1, -0.05) is 0 Å². The number of non-ortho nitro benzene ring substituents is 1. The second-order valence-electron chi connectivity index (χ2n) is 4.70. The number of hydrogen-bond donors (Lipinski definition) is 2. The van der Waals surface area contributed by atoms with Crippen LogP contribution in [0, 0.1) is 10.1 Å². The van der Waals surface area contributed by atoms with E-state index in [0.29, 0.717) is 11.3 Å². The SMILES string of the molecule is C/C(=N/NC(=O)CNC(=O)c1ccco1)c1ccc([N+](=O)[O-])cc1. The van der Waals surface area contributed by atoms with Gasteiger partial charge in [-0.05, 0) is 36.8 Å². The molecule has 2 rings (SSSR count). The second-order valence-corrected chi connectivity index (χ2v) is 4.70. The molecule has 0 fully saturated rings. The van der Waals surface area contributed by atoms with Crippen molar-refractivity contribution in [1.29, 1.82) is 0 Å². The Bertz CT molecular complexity index is 766. The summed E-state index contributed by atoms with van der Waals surface area (Å²) in [7, 11) is 0. The van der Waals surface area contributed by atoms with Gasteiger partial charge in [0.2, 0.25) is 0 Å². The van der Waals surface area contributed by atoms with Gasteiger partial charge in [0.25, 0.3) is 17.5 Å². The van der Waals surface area contributed by atoms with E-state index in [4.69, 9.17) is 4.42 Å². The van der Waals surface area contributed by atoms with Gasteiger partial charge in [0.05, 0.1) is 23.4 Å².